The summed E-state index contributed by atoms with van der Waals surface area (Å²) in [6.45, 7) is 7.14. The van der Waals surface area contributed by atoms with Crippen LogP contribution in [0.3, 0.4) is 0 Å². The highest BCUT2D eigenvalue weighted by atomic mass is 17.0. The number of hydrogen-bond acceptors (Lipinski definition) is 3. The molecule has 2 rings (SSSR count). The first-order valence-corrected chi connectivity index (χ1v) is 7.40. The topological polar surface area (TPSA) is 21.7 Å². The first kappa shape index (κ1) is 15.7. The van der Waals surface area contributed by atoms with E-state index in [-0.39, 0.29) is 0 Å². The zero-order valence-corrected chi connectivity index (χ0v) is 13.0. The van der Waals surface area contributed by atoms with E-state index in [9.17, 15) is 0 Å². The molecule has 0 saturated carbocycles. The average Bonchev–Trinajstić information content (AvgIpc) is 2.55. The third-order valence-corrected chi connectivity index (χ3v) is 3.53. The molecule has 21 heavy (non-hydrogen) atoms. The highest BCUT2D eigenvalue weighted by Crippen LogP contribution is 2.36. The lowest BCUT2D eigenvalue weighted by Gasteiger charge is -2.39. The fourth-order valence-corrected chi connectivity index (χ4v) is 2.43. The molecule has 0 aliphatic rings. The fraction of sp³-hybridized carbons (Fsp3) is 0.333. The van der Waals surface area contributed by atoms with Gasteiger partial charge in [0.15, 0.2) is 0 Å². The van der Waals surface area contributed by atoms with E-state index in [2.05, 4.69) is 31.2 Å². The predicted octanol–water partition coefficient (Wildman–Crippen LogP) is 4.16. The van der Waals surface area contributed by atoms with Crippen LogP contribution in [-0.4, -0.2) is 18.4 Å². The van der Waals surface area contributed by atoms with E-state index in [1.54, 1.807) is 5.23 Å². The molecule has 0 aromatic heterocycles. The van der Waals surface area contributed by atoms with Gasteiger partial charge in [0.1, 0.15) is 5.54 Å². The zero-order chi connectivity index (χ0) is 15.1. The molecule has 0 spiro atoms. The first-order valence-electron chi connectivity index (χ1n) is 7.40. The highest BCUT2D eigenvalue weighted by Gasteiger charge is 2.38. The van der Waals surface area contributed by atoms with Crippen LogP contribution in [0.1, 0.15) is 31.9 Å². The van der Waals surface area contributed by atoms with E-state index in [0.717, 1.165) is 11.1 Å². The Balaban J connectivity index is 2.53. The monoisotopic (exact) mass is 285 g/mol. The van der Waals surface area contributed by atoms with Crippen LogP contribution in [0.2, 0.25) is 0 Å². The van der Waals surface area contributed by atoms with Gasteiger partial charge in [-0.25, -0.2) is 0 Å². The lowest BCUT2D eigenvalue weighted by molar-refractivity contribution is -0.404. The molecule has 0 N–H and O–H groups in total. The van der Waals surface area contributed by atoms with Gasteiger partial charge in [0.2, 0.25) is 0 Å². The quantitative estimate of drug-likeness (QED) is 0.713. The van der Waals surface area contributed by atoms with Crippen molar-refractivity contribution in [2.75, 3.05) is 13.2 Å². The summed E-state index contributed by atoms with van der Waals surface area (Å²) in [5.41, 5.74) is 1.74. The average molecular weight is 285 g/mol. The van der Waals surface area contributed by atoms with E-state index < -0.39 is 5.54 Å². The van der Waals surface area contributed by atoms with E-state index in [4.69, 9.17) is 9.68 Å². The number of rotatable bonds is 7. The van der Waals surface area contributed by atoms with Crippen molar-refractivity contribution in [1.82, 2.24) is 5.23 Å². The molecular formula is C18H23NO2. The molecular weight excluding hydrogens is 262 g/mol. The van der Waals surface area contributed by atoms with Crippen molar-refractivity contribution >= 4 is 0 Å². The molecule has 3 heteroatoms. The summed E-state index contributed by atoms with van der Waals surface area (Å²) in [6, 6.07) is 20.5. The van der Waals surface area contributed by atoms with Crippen LogP contribution in [-0.2, 0) is 15.2 Å². The summed E-state index contributed by atoms with van der Waals surface area (Å²) in [5, 5.41) is 1.62. The van der Waals surface area contributed by atoms with Crippen LogP contribution < -0.4 is 0 Å². The second-order valence-electron chi connectivity index (χ2n) is 4.90. The van der Waals surface area contributed by atoms with Crippen molar-refractivity contribution in [1.29, 1.82) is 0 Å². The van der Waals surface area contributed by atoms with Crippen LogP contribution in [0.25, 0.3) is 0 Å². The minimum atomic E-state index is -0.505. The van der Waals surface area contributed by atoms with Crippen molar-refractivity contribution in [2.24, 2.45) is 0 Å². The van der Waals surface area contributed by atoms with Gasteiger partial charge in [-0.3, -0.25) is 9.68 Å². The molecule has 0 aliphatic heterocycles. The van der Waals surface area contributed by atoms with E-state index in [0.29, 0.717) is 13.2 Å². The van der Waals surface area contributed by atoms with Crippen LogP contribution in [0.4, 0.5) is 0 Å². The van der Waals surface area contributed by atoms with Gasteiger partial charge in [0.25, 0.3) is 0 Å². The maximum absolute atomic E-state index is 5.77. The maximum Gasteiger partial charge on any atom is 0.121 e. The summed E-state index contributed by atoms with van der Waals surface area (Å²) in [5.74, 6) is 0. The second-order valence-corrected chi connectivity index (χ2v) is 4.90. The summed E-state index contributed by atoms with van der Waals surface area (Å²) in [6.07, 6.45) is 0. The molecule has 0 heterocycles. The van der Waals surface area contributed by atoms with Crippen molar-refractivity contribution < 1.29 is 9.68 Å². The Bertz CT molecular complexity index is 482. The van der Waals surface area contributed by atoms with Crippen molar-refractivity contribution in [3.63, 3.8) is 0 Å². The van der Waals surface area contributed by atoms with Gasteiger partial charge in [0.05, 0.1) is 13.2 Å². The standard InChI is InChI=1S/C18H23NO2/c1-4-20-19(21-5-2)18(3,16-12-8-6-9-13-16)17-14-10-7-11-15-17/h6-15H,4-5H2,1-3H3. The van der Waals surface area contributed by atoms with E-state index in [1.165, 1.54) is 0 Å². The van der Waals surface area contributed by atoms with Gasteiger partial charge in [-0.05, 0) is 31.9 Å². The Morgan fingerprint density at radius 3 is 1.48 bits per heavy atom. The Hall–Kier alpha value is -1.68. The van der Waals surface area contributed by atoms with Gasteiger partial charge in [-0.15, -0.1) is 0 Å². The summed E-state index contributed by atoms with van der Waals surface area (Å²) < 4.78 is 0. The minimum absolute atomic E-state index is 0.505. The van der Waals surface area contributed by atoms with Gasteiger partial charge in [0, 0.05) is 0 Å². The Morgan fingerprint density at radius 1 is 0.762 bits per heavy atom. The molecule has 0 fully saturated rings. The van der Waals surface area contributed by atoms with Crippen molar-refractivity contribution in [3.8, 4) is 0 Å². The summed E-state index contributed by atoms with van der Waals surface area (Å²) >= 11 is 0. The lowest BCUT2D eigenvalue weighted by atomic mass is 9.85. The second kappa shape index (κ2) is 7.36. The molecule has 0 bridgehead atoms. The SMILES string of the molecule is CCON(OCC)C(C)(c1ccccc1)c1ccccc1. The predicted molar refractivity (Wildman–Crippen MR) is 84.4 cm³/mol. The third-order valence-electron chi connectivity index (χ3n) is 3.53. The number of benzene rings is 2. The third kappa shape index (κ3) is 3.32. The largest absolute Gasteiger partial charge is 0.273 e. The van der Waals surface area contributed by atoms with E-state index in [1.807, 2.05) is 50.2 Å². The number of hydroxylamine groups is 2. The molecule has 0 unspecified atom stereocenters. The smallest absolute Gasteiger partial charge is 0.121 e. The van der Waals surface area contributed by atoms with Crippen molar-refractivity contribution in [2.45, 2.75) is 26.3 Å². The molecule has 2 aromatic rings. The van der Waals surface area contributed by atoms with Crippen LogP contribution in [0, 0.1) is 0 Å². The first-order chi connectivity index (χ1) is 10.2. The minimum Gasteiger partial charge on any atom is -0.273 e. The summed E-state index contributed by atoms with van der Waals surface area (Å²) in [4.78, 5) is 11.5. The molecule has 2 aromatic carbocycles. The van der Waals surface area contributed by atoms with Gasteiger partial charge >= 0.3 is 0 Å². The fourth-order valence-electron chi connectivity index (χ4n) is 2.43. The van der Waals surface area contributed by atoms with Crippen LogP contribution >= 0.6 is 0 Å². The molecule has 112 valence electrons. The maximum atomic E-state index is 5.77. The van der Waals surface area contributed by atoms with Gasteiger partial charge < -0.3 is 0 Å². The lowest BCUT2D eigenvalue weighted by Crippen LogP contribution is -2.44. The van der Waals surface area contributed by atoms with Crippen molar-refractivity contribution in [3.05, 3.63) is 71.8 Å². The molecule has 0 radical (unpaired) electrons. The van der Waals surface area contributed by atoms with Gasteiger partial charge in [-0.2, -0.15) is 0 Å². The highest BCUT2D eigenvalue weighted by molar-refractivity contribution is 5.36. The molecule has 0 atom stereocenters. The number of nitrogens with zero attached hydrogens (tertiary/aromatic N) is 1. The number of hydrogen-bond donors (Lipinski definition) is 0. The molecule has 0 saturated heterocycles. The van der Waals surface area contributed by atoms with E-state index >= 15 is 0 Å². The normalized spacial score (nSPS) is 11.8. The summed E-state index contributed by atoms with van der Waals surface area (Å²) in [7, 11) is 0. The Morgan fingerprint density at radius 2 is 1.14 bits per heavy atom. The Kier molecular flexibility index (Phi) is 5.51. The van der Waals surface area contributed by atoms with Crippen LogP contribution in [0.5, 0.6) is 0 Å². The molecule has 0 amide bonds. The molecule has 0 aliphatic carbocycles. The van der Waals surface area contributed by atoms with Gasteiger partial charge in [-0.1, -0.05) is 65.9 Å². The molecule has 3 nitrogen and oxygen atoms in total. The Labute approximate surface area is 127 Å². The van der Waals surface area contributed by atoms with Crippen LogP contribution in [0.15, 0.2) is 60.7 Å². The zero-order valence-electron chi connectivity index (χ0n) is 13.0.